The van der Waals surface area contributed by atoms with E-state index in [-0.39, 0.29) is 5.56 Å². The van der Waals surface area contributed by atoms with Crippen molar-refractivity contribution in [1.82, 2.24) is 4.98 Å². The molecule has 0 atom stereocenters. The molecule has 1 N–H and O–H groups in total. The van der Waals surface area contributed by atoms with E-state index in [9.17, 15) is 4.79 Å². The standard InChI is InChI=1S/C13H13NO4/c1-7-8(13(15)16)6-9-10(17-2)4-5-11(18-3)12(9)14-7/h4-6H,1-3H3,(H,15,16). The van der Waals surface area contributed by atoms with Crippen molar-refractivity contribution in [1.29, 1.82) is 0 Å². The van der Waals surface area contributed by atoms with Gasteiger partial charge in [-0.25, -0.2) is 9.78 Å². The summed E-state index contributed by atoms with van der Waals surface area (Å²) < 4.78 is 10.4. The van der Waals surface area contributed by atoms with Crippen LogP contribution in [0.25, 0.3) is 10.9 Å². The van der Waals surface area contributed by atoms with Crippen LogP contribution >= 0.6 is 0 Å². The van der Waals surface area contributed by atoms with Crippen molar-refractivity contribution in [2.24, 2.45) is 0 Å². The predicted molar refractivity (Wildman–Crippen MR) is 66.5 cm³/mol. The molecule has 1 aromatic heterocycles. The molecule has 0 saturated carbocycles. The summed E-state index contributed by atoms with van der Waals surface area (Å²) in [5.41, 5.74) is 1.20. The zero-order chi connectivity index (χ0) is 13.3. The SMILES string of the molecule is COc1ccc(OC)c2nc(C)c(C(=O)O)cc12. The van der Waals surface area contributed by atoms with E-state index in [1.807, 2.05) is 0 Å². The van der Waals surface area contributed by atoms with Crippen LogP contribution in [0.15, 0.2) is 18.2 Å². The van der Waals surface area contributed by atoms with Crippen molar-refractivity contribution in [3.8, 4) is 11.5 Å². The van der Waals surface area contributed by atoms with Crippen molar-refractivity contribution in [3.05, 3.63) is 29.5 Å². The summed E-state index contributed by atoms with van der Waals surface area (Å²) in [6.07, 6.45) is 0. The summed E-state index contributed by atoms with van der Waals surface area (Å²) in [6.45, 7) is 1.65. The van der Waals surface area contributed by atoms with Crippen molar-refractivity contribution < 1.29 is 19.4 Å². The van der Waals surface area contributed by atoms with Gasteiger partial charge in [0.05, 0.1) is 25.5 Å². The fourth-order valence-corrected chi connectivity index (χ4v) is 1.86. The number of aromatic nitrogens is 1. The van der Waals surface area contributed by atoms with Gasteiger partial charge < -0.3 is 14.6 Å². The smallest absolute Gasteiger partial charge is 0.337 e. The van der Waals surface area contributed by atoms with Gasteiger partial charge in [-0.1, -0.05) is 0 Å². The molecule has 0 aliphatic rings. The molecule has 0 bridgehead atoms. The molecule has 0 unspecified atom stereocenters. The number of hydrogen-bond acceptors (Lipinski definition) is 4. The summed E-state index contributed by atoms with van der Waals surface area (Å²) >= 11 is 0. The molecular formula is C13H13NO4. The highest BCUT2D eigenvalue weighted by atomic mass is 16.5. The Hall–Kier alpha value is -2.30. The molecule has 5 heteroatoms. The first-order valence-corrected chi connectivity index (χ1v) is 5.34. The Balaban J connectivity index is 2.85. The van der Waals surface area contributed by atoms with E-state index in [4.69, 9.17) is 14.6 Å². The minimum Gasteiger partial charge on any atom is -0.496 e. The molecule has 0 saturated heterocycles. The molecule has 0 aliphatic carbocycles. The Morgan fingerprint density at radius 3 is 2.39 bits per heavy atom. The first-order chi connectivity index (χ1) is 8.58. The van der Waals surface area contributed by atoms with Gasteiger partial charge in [0.15, 0.2) is 0 Å². The van der Waals surface area contributed by atoms with Crippen molar-refractivity contribution in [2.75, 3.05) is 14.2 Å². The molecule has 94 valence electrons. The third-order valence-corrected chi connectivity index (χ3v) is 2.77. The van der Waals surface area contributed by atoms with Gasteiger partial charge in [-0.3, -0.25) is 0 Å². The normalized spacial score (nSPS) is 10.4. The number of benzene rings is 1. The first-order valence-electron chi connectivity index (χ1n) is 5.34. The Kier molecular flexibility index (Phi) is 3.06. The Morgan fingerprint density at radius 2 is 1.83 bits per heavy atom. The summed E-state index contributed by atoms with van der Waals surface area (Å²) in [6, 6.07) is 5.03. The average Bonchev–Trinajstić information content (AvgIpc) is 2.36. The monoisotopic (exact) mass is 247 g/mol. The topological polar surface area (TPSA) is 68.7 Å². The fourth-order valence-electron chi connectivity index (χ4n) is 1.86. The average molecular weight is 247 g/mol. The zero-order valence-electron chi connectivity index (χ0n) is 10.4. The van der Waals surface area contributed by atoms with E-state index < -0.39 is 5.97 Å². The summed E-state index contributed by atoms with van der Waals surface area (Å²) in [5.74, 6) is 0.151. The van der Waals surface area contributed by atoms with Crippen molar-refractivity contribution >= 4 is 16.9 Å². The van der Waals surface area contributed by atoms with Crippen LogP contribution in [0.5, 0.6) is 11.5 Å². The molecule has 2 aromatic rings. The van der Waals surface area contributed by atoms with E-state index in [0.29, 0.717) is 28.1 Å². The molecule has 5 nitrogen and oxygen atoms in total. The van der Waals surface area contributed by atoms with E-state index in [2.05, 4.69) is 4.98 Å². The second-order valence-electron chi connectivity index (χ2n) is 3.79. The molecule has 0 amide bonds. The highest BCUT2D eigenvalue weighted by molar-refractivity contribution is 5.97. The predicted octanol–water partition coefficient (Wildman–Crippen LogP) is 2.26. The molecule has 0 fully saturated rings. The van der Waals surface area contributed by atoms with E-state index >= 15 is 0 Å². The minimum absolute atomic E-state index is 0.161. The molecule has 2 rings (SSSR count). The number of methoxy groups -OCH3 is 2. The lowest BCUT2D eigenvalue weighted by Gasteiger charge is -2.11. The Labute approximate surface area is 104 Å². The lowest BCUT2D eigenvalue weighted by molar-refractivity contribution is 0.0696. The molecule has 0 aliphatic heterocycles. The summed E-state index contributed by atoms with van der Waals surface area (Å²) in [5, 5.41) is 9.73. The second-order valence-corrected chi connectivity index (χ2v) is 3.79. The van der Waals surface area contributed by atoms with Gasteiger partial charge in [0.2, 0.25) is 0 Å². The molecule has 0 spiro atoms. The highest BCUT2D eigenvalue weighted by Crippen LogP contribution is 2.32. The molecule has 0 radical (unpaired) electrons. The maximum atomic E-state index is 11.1. The number of pyridine rings is 1. The van der Waals surface area contributed by atoms with Gasteiger partial charge in [0.25, 0.3) is 0 Å². The number of rotatable bonds is 3. The Morgan fingerprint density at radius 1 is 1.22 bits per heavy atom. The number of ether oxygens (including phenoxy) is 2. The van der Waals surface area contributed by atoms with Crippen LogP contribution in [0.1, 0.15) is 16.1 Å². The van der Waals surface area contributed by atoms with E-state index in [0.717, 1.165) is 0 Å². The first kappa shape index (κ1) is 12.2. The zero-order valence-corrected chi connectivity index (χ0v) is 10.4. The molecular weight excluding hydrogens is 234 g/mol. The molecule has 18 heavy (non-hydrogen) atoms. The third-order valence-electron chi connectivity index (χ3n) is 2.77. The lowest BCUT2D eigenvalue weighted by atomic mass is 10.1. The second kappa shape index (κ2) is 4.52. The number of nitrogens with zero attached hydrogens (tertiary/aromatic N) is 1. The van der Waals surface area contributed by atoms with Gasteiger partial charge in [0, 0.05) is 5.39 Å². The fraction of sp³-hybridized carbons (Fsp3) is 0.231. The number of hydrogen-bond donors (Lipinski definition) is 1. The maximum Gasteiger partial charge on any atom is 0.337 e. The number of aromatic carboxylic acids is 1. The lowest BCUT2D eigenvalue weighted by Crippen LogP contribution is -2.03. The minimum atomic E-state index is -1.01. The Bertz CT molecular complexity index is 622. The van der Waals surface area contributed by atoms with Crippen LogP contribution in [0.4, 0.5) is 0 Å². The molecule has 1 aromatic carbocycles. The number of carboxylic acid groups (broad SMARTS) is 1. The largest absolute Gasteiger partial charge is 0.496 e. The van der Waals surface area contributed by atoms with Gasteiger partial charge in [-0.2, -0.15) is 0 Å². The number of aryl methyl sites for hydroxylation is 1. The van der Waals surface area contributed by atoms with Crippen LogP contribution in [0.3, 0.4) is 0 Å². The van der Waals surface area contributed by atoms with Crippen LogP contribution < -0.4 is 9.47 Å². The number of carboxylic acids is 1. The van der Waals surface area contributed by atoms with Gasteiger partial charge in [-0.15, -0.1) is 0 Å². The highest BCUT2D eigenvalue weighted by Gasteiger charge is 2.15. The van der Waals surface area contributed by atoms with Crippen molar-refractivity contribution in [2.45, 2.75) is 6.92 Å². The number of carbonyl (C=O) groups is 1. The van der Waals surface area contributed by atoms with Gasteiger partial charge in [0.1, 0.15) is 17.0 Å². The summed E-state index contributed by atoms with van der Waals surface area (Å²) in [4.78, 5) is 15.4. The van der Waals surface area contributed by atoms with Crippen LogP contribution in [-0.4, -0.2) is 30.3 Å². The van der Waals surface area contributed by atoms with E-state index in [1.54, 1.807) is 32.2 Å². The van der Waals surface area contributed by atoms with Crippen LogP contribution in [-0.2, 0) is 0 Å². The van der Waals surface area contributed by atoms with Crippen LogP contribution in [0, 0.1) is 6.92 Å². The van der Waals surface area contributed by atoms with Gasteiger partial charge >= 0.3 is 5.97 Å². The molecule has 1 heterocycles. The van der Waals surface area contributed by atoms with Crippen molar-refractivity contribution in [3.63, 3.8) is 0 Å². The number of fused-ring (bicyclic) bond motifs is 1. The van der Waals surface area contributed by atoms with Crippen LogP contribution in [0.2, 0.25) is 0 Å². The van der Waals surface area contributed by atoms with E-state index in [1.165, 1.54) is 7.11 Å². The summed E-state index contributed by atoms with van der Waals surface area (Å²) in [7, 11) is 3.07. The maximum absolute atomic E-state index is 11.1. The third kappa shape index (κ3) is 1.84. The van der Waals surface area contributed by atoms with Gasteiger partial charge in [-0.05, 0) is 25.1 Å². The quantitative estimate of drug-likeness (QED) is 0.900.